The quantitative estimate of drug-likeness (QED) is 0.536. The van der Waals surface area contributed by atoms with E-state index in [0.29, 0.717) is 20.6 Å². The van der Waals surface area contributed by atoms with Gasteiger partial charge in [-0.25, -0.2) is 13.9 Å². The summed E-state index contributed by atoms with van der Waals surface area (Å²) in [6, 6.07) is 2.39. The molecular weight excluding hydrogens is 432 g/mol. The third-order valence-corrected chi connectivity index (χ3v) is 4.82. The first-order valence-electron chi connectivity index (χ1n) is 7.91. The van der Waals surface area contributed by atoms with Gasteiger partial charge in [0.25, 0.3) is 5.91 Å². The summed E-state index contributed by atoms with van der Waals surface area (Å²) in [5.41, 5.74) is 0.304. The van der Waals surface area contributed by atoms with Gasteiger partial charge in [-0.05, 0) is 45.6 Å². The Labute approximate surface area is 158 Å². The van der Waals surface area contributed by atoms with Crippen molar-refractivity contribution in [1.29, 1.82) is 0 Å². The van der Waals surface area contributed by atoms with E-state index >= 15 is 0 Å². The van der Waals surface area contributed by atoms with E-state index < -0.39 is 23.9 Å². The lowest BCUT2D eigenvalue weighted by Crippen LogP contribution is -2.46. The SMILES string of the molecule is O=C(c1cc2ncc(Br)cn2n1)N1CCc2ccc(F)cc2C1C(F)(F)F. The first kappa shape index (κ1) is 17.9. The highest BCUT2D eigenvalue weighted by atomic mass is 79.9. The van der Waals surface area contributed by atoms with Gasteiger partial charge >= 0.3 is 6.18 Å². The standard InChI is InChI=1S/C17H11BrF4N4O/c18-10-7-23-14-6-13(24-26(14)8-10)16(27)25-4-3-9-1-2-11(19)5-12(9)15(25)17(20,21)22/h1-2,5-8,15H,3-4H2. The Morgan fingerprint density at radius 1 is 1.26 bits per heavy atom. The minimum absolute atomic E-state index is 0.146. The van der Waals surface area contributed by atoms with Crippen LogP contribution in [0.3, 0.4) is 0 Å². The average Bonchev–Trinajstić information content (AvgIpc) is 3.02. The van der Waals surface area contributed by atoms with Gasteiger partial charge in [0.2, 0.25) is 0 Å². The average molecular weight is 443 g/mol. The first-order chi connectivity index (χ1) is 12.7. The van der Waals surface area contributed by atoms with Crippen molar-refractivity contribution in [2.24, 2.45) is 0 Å². The molecule has 1 unspecified atom stereocenters. The van der Waals surface area contributed by atoms with Crippen LogP contribution in [0.1, 0.15) is 27.7 Å². The van der Waals surface area contributed by atoms with Gasteiger partial charge in [0, 0.05) is 25.0 Å². The van der Waals surface area contributed by atoms with Crippen molar-refractivity contribution in [1.82, 2.24) is 19.5 Å². The smallest absolute Gasteiger partial charge is 0.321 e. The summed E-state index contributed by atoms with van der Waals surface area (Å²) in [5, 5.41) is 4.03. The maximum absolute atomic E-state index is 13.8. The highest BCUT2D eigenvalue weighted by Crippen LogP contribution is 2.42. The lowest BCUT2D eigenvalue weighted by molar-refractivity contribution is -0.181. The summed E-state index contributed by atoms with van der Waals surface area (Å²) in [5.74, 6) is -1.66. The van der Waals surface area contributed by atoms with Crippen molar-refractivity contribution < 1.29 is 22.4 Å². The molecule has 1 atom stereocenters. The van der Waals surface area contributed by atoms with Crippen molar-refractivity contribution >= 4 is 27.5 Å². The molecule has 5 nitrogen and oxygen atoms in total. The molecule has 4 rings (SSSR count). The van der Waals surface area contributed by atoms with E-state index in [2.05, 4.69) is 26.0 Å². The molecule has 3 heterocycles. The van der Waals surface area contributed by atoms with Crippen LogP contribution in [-0.2, 0) is 6.42 Å². The summed E-state index contributed by atoms with van der Waals surface area (Å²) in [6.45, 7) is -0.146. The van der Waals surface area contributed by atoms with Crippen molar-refractivity contribution in [2.75, 3.05) is 6.54 Å². The van der Waals surface area contributed by atoms with Gasteiger partial charge in [0.15, 0.2) is 17.4 Å². The van der Waals surface area contributed by atoms with Crippen LogP contribution in [0.15, 0.2) is 41.1 Å². The number of hydrogen-bond donors (Lipinski definition) is 0. The van der Waals surface area contributed by atoms with Gasteiger partial charge in [0.05, 0.1) is 4.47 Å². The Kier molecular flexibility index (Phi) is 4.17. The maximum atomic E-state index is 13.8. The molecule has 1 amide bonds. The topological polar surface area (TPSA) is 50.5 Å². The van der Waals surface area contributed by atoms with Crippen molar-refractivity contribution in [3.05, 3.63) is 63.8 Å². The molecule has 0 saturated heterocycles. The van der Waals surface area contributed by atoms with Gasteiger partial charge in [-0.3, -0.25) is 4.79 Å². The molecule has 0 radical (unpaired) electrons. The highest BCUT2D eigenvalue weighted by Gasteiger charge is 2.49. The number of nitrogens with zero attached hydrogens (tertiary/aromatic N) is 4. The van der Waals surface area contributed by atoms with E-state index in [-0.39, 0.29) is 24.2 Å². The fourth-order valence-corrected chi connectivity index (χ4v) is 3.56. The Balaban J connectivity index is 1.77. The second-order valence-corrected chi connectivity index (χ2v) is 7.06. The molecule has 0 aliphatic carbocycles. The van der Waals surface area contributed by atoms with Crippen molar-refractivity contribution in [3.8, 4) is 0 Å². The molecule has 2 aromatic heterocycles. The van der Waals surface area contributed by atoms with Crippen LogP contribution >= 0.6 is 15.9 Å². The lowest BCUT2D eigenvalue weighted by Gasteiger charge is -2.37. The van der Waals surface area contributed by atoms with Gasteiger partial charge in [0.1, 0.15) is 5.82 Å². The number of carbonyl (C=O) groups is 1. The van der Waals surface area contributed by atoms with Crippen LogP contribution in [0.4, 0.5) is 17.6 Å². The predicted molar refractivity (Wildman–Crippen MR) is 90.6 cm³/mol. The van der Waals surface area contributed by atoms with Crippen LogP contribution in [0.5, 0.6) is 0 Å². The number of halogens is 5. The molecule has 3 aromatic rings. The molecule has 0 bridgehead atoms. The van der Waals surface area contributed by atoms with Gasteiger partial charge in [-0.15, -0.1) is 0 Å². The zero-order chi connectivity index (χ0) is 19.3. The van der Waals surface area contributed by atoms with E-state index in [1.807, 2.05) is 0 Å². The molecule has 10 heteroatoms. The Morgan fingerprint density at radius 3 is 2.78 bits per heavy atom. The molecule has 1 aliphatic rings. The van der Waals surface area contributed by atoms with Crippen LogP contribution in [-0.4, -0.2) is 38.1 Å². The monoisotopic (exact) mass is 442 g/mol. The summed E-state index contributed by atoms with van der Waals surface area (Å²) in [7, 11) is 0. The number of benzene rings is 1. The highest BCUT2D eigenvalue weighted by molar-refractivity contribution is 9.10. The third-order valence-electron chi connectivity index (χ3n) is 4.41. The van der Waals surface area contributed by atoms with Crippen LogP contribution in [0, 0.1) is 5.82 Å². The van der Waals surface area contributed by atoms with E-state index in [0.717, 1.165) is 12.1 Å². The van der Waals surface area contributed by atoms with E-state index in [9.17, 15) is 22.4 Å². The zero-order valence-corrected chi connectivity index (χ0v) is 15.1. The summed E-state index contributed by atoms with van der Waals surface area (Å²) in [4.78, 5) is 17.6. The Bertz CT molecular complexity index is 1050. The largest absolute Gasteiger partial charge is 0.413 e. The van der Waals surface area contributed by atoms with E-state index in [4.69, 9.17) is 0 Å². The molecule has 0 saturated carbocycles. The second kappa shape index (κ2) is 6.29. The molecule has 27 heavy (non-hydrogen) atoms. The molecule has 1 aliphatic heterocycles. The summed E-state index contributed by atoms with van der Waals surface area (Å²) in [6.07, 6.45) is -1.52. The minimum atomic E-state index is -4.75. The van der Waals surface area contributed by atoms with Crippen molar-refractivity contribution in [2.45, 2.75) is 18.6 Å². The molecule has 0 spiro atoms. The number of rotatable bonds is 1. The number of aromatic nitrogens is 3. The van der Waals surface area contributed by atoms with Gasteiger partial charge < -0.3 is 4.90 Å². The second-order valence-electron chi connectivity index (χ2n) is 6.14. The van der Waals surface area contributed by atoms with Crippen LogP contribution in [0.2, 0.25) is 0 Å². The fraction of sp³-hybridized carbons (Fsp3) is 0.235. The third kappa shape index (κ3) is 3.18. The van der Waals surface area contributed by atoms with Gasteiger partial charge in [-0.1, -0.05) is 6.07 Å². The number of alkyl halides is 3. The molecule has 0 fully saturated rings. The molecule has 140 valence electrons. The lowest BCUT2D eigenvalue weighted by atomic mass is 9.91. The van der Waals surface area contributed by atoms with E-state index in [1.165, 1.54) is 22.8 Å². The molecular formula is C17H11BrF4N4O. The number of carbonyl (C=O) groups excluding carboxylic acids is 1. The molecule has 1 aromatic carbocycles. The number of amides is 1. The summed E-state index contributed by atoms with van der Waals surface area (Å²) < 4.78 is 56.8. The Morgan fingerprint density at radius 2 is 2.04 bits per heavy atom. The van der Waals surface area contributed by atoms with Gasteiger partial charge in [-0.2, -0.15) is 18.3 Å². The first-order valence-corrected chi connectivity index (χ1v) is 8.70. The number of hydrogen-bond acceptors (Lipinski definition) is 3. The Hall–Kier alpha value is -2.49. The van der Waals surface area contributed by atoms with Crippen LogP contribution < -0.4 is 0 Å². The zero-order valence-electron chi connectivity index (χ0n) is 13.5. The predicted octanol–water partition coefficient (Wildman–Crippen LogP) is 3.93. The van der Waals surface area contributed by atoms with Crippen LogP contribution in [0.25, 0.3) is 5.65 Å². The minimum Gasteiger partial charge on any atom is -0.321 e. The number of fused-ring (bicyclic) bond motifs is 2. The normalized spacial score (nSPS) is 17.2. The van der Waals surface area contributed by atoms with E-state index in [1.54, 1.807) is 6.20 Å². The van der Waals surface area contributed by atoms with Crippen molar-refractivity contribution in [3.63, 3.8) is 0 Å². The summed E-state index contributed by atoms with van der Waals surface area (Å²) >= 11 is 3.21. The fourth-order valence-electron chi connectivity index (χ4n) is 3.26. The molecule has 0 N–H and O–H groups in total. The maximum Gasteiger partial charge on any atom is 0.413 e.